The number of carbonyl (C=O) groups is 2. The zero-order valence-electron chi connectivity index (χ0n) is 14.8. The van der Waals surface area contributed by atoms with Crippen molar-refractivity contribution in [1.29, 1.82) is 0 Å². The van der Waals surface area contributed by atoms with Gasteiger partial charge in [0.1, 0.15) is 6.04 Å². The molecule has 2 amide bonds. The van der Waals surface area contributed by atoms with Gasteiger partial charge in [-0.25, -0.2) is 0 Å². The molecule has 24 heavy (non-hydrogen) atoms. The molecule has 2 rings (SSSR count). The molecular weight excluding hydrogens is 302 g/mol. The molecule has 1 aliphatic carbocycles. The fourth-order valence-corrected chi connectivity index (χ4v) is 3.25. The van der Waals surface area contributed by atoms with Crippen LogP contribution in [0, 0.1) is 18.8 Å². The number of rotatable bonds is 6. The first-order chi connectivity index (χ1) is 11.4. The first kappa shape index (κ1) is 18.5. The van der Waals surface area contributed by atoms with E-state index < -0.39 is 6.04 Å². The topological polar surface area (TPSA) is 84.2 Å². The Morgan fingerprint density at radius 1 is 1.21 bits per heavy atom. The lowest BCUT2D eigenvalue weighted by molar-refractivity contribution is -0.124. The Morgan fingerprint density at radius 3 is 2.46 bits per heavy atom. The predicted octanol–water partition coefficient (Wildman–Crippen LogP) is 1.99. The van der Waals surface area contributed by atoms with Gasteiger partial charge in [0.15, 0.2) is 0 Å². The van der Waals surface area contributed by atoms with E-state index in [0.29, 0.717) is 18.0 Å². The van der Waals surface area contributed by atoms with Gasteiger partial charge in [-0.3, -0.25) is 9.59 Å². The minimum Gasteiger partial charge on any atom is -0.351 e. The maximum atomic E-state index is 12.7. The highest BCUT2D eigenvalue weighted by Crippen LogP contribution is 2.24. The predicted molar refractivity (Wildman–Crippen MR) is 95.6 cm³/mol. The van der Waals surface area contributed by atoms with Crippen molar-refractivity contribution in [3.05, 3.63) is 35.4 Å². The summed E-state index contributed by atoms with van der Waals surface area (Å²) >= 11 is 0. The van der Waals surface area contributed by atoms with Crippen molar-refractivity contribution in [2.24, 2.45) is 17.6 Å². The van der Waals surface area contributed by atoms with Gasteiger partial charge in [-0.1, -0.05) is 38.0 Å². The van der Waals surface area contributed by atoms with E-state index in [1.54, 1.807) is 12.1 Å². The van der Waals surface area contributed by atoms with Crippen molar-refractivity contribution in [3.63, 3.8) is 0 Å². The Balaban J connectivity index is 2.01. The fraction of sp³-hybridized carbons (Fsp3) is 0.579. The standard InChI is InChI=1S/C19H29N3O2/c1-12(2)17(19(24)21-16-6-4-5-15(16)11-20)22-18(23)14-9-7-13(3)8-10-14/h7-10,12,15-17H,4-6,11,20H2,1-3H3,(H,21,24)(H,22,23). The van der Waals surface area contributed by atoms with Crippen LogP contribution in [0.15, 0.2) is 24.3 Å². The Hall–Kier alpha value is -1.88. The Bertz CT molecular complexity index is 568. The van der Waals surface area contributed by atoms with Crippen LogP contribution in [0.5, 0.6) is 0 Å². The SMILES string of the molecule is Cc1ccc(C(=O)NC(C(=O)NC2CCCC2CN)C(C)C)cc1. The number of hydrogen-bond donors (Lipinski definition) is 3. The fourth-order valence-electron chi connectivity index (χ4n) is 3.25. The molecule has 0 bridgehead atoms. The molecule has 1 aliphatic rings. The molecule has 0 spiro atoms. The van der Waals surface area contributed by atoms with E-state index in [-0.39, 0.29) is 23.8 Å². The van der Waals surface area contributed by atoms with Gasteiger partial charge in [0.05, 0.1) is 0 Å². The van der Waals surface area contributed by atoms with Crippen LogP contribution in [0.2, 0.25) is 0 Å². The van der Waals surface area contributed by atoms with Gasteiger partial charge in [0, 0.05) is 11.6 Å². The molecule has 132 valence electrons. The van der Waals surface area contributed by atoms with Crippen molar-refractivity contribution >= 4 is 11.8 Å². The highest BCUT2D eigenvalue weighted by Gasteiger charge is 2.31. The lowest BCUT2D eigenvalue weighted by atomic mass is 10.00. The van der Waals surface area contributed by atoms with Crippen LogP contribution in [-0.4, -0.2) is 30.4 Å². The molecule has 4 N–H and O–H groups in total. The van der Waals surface area contributed by atoms with E-state index in [1.165, 1.54) is 0 Å². The van der Waals surface area contributed by atoms with Crippen molar-refractivity contribution < 1.29 is 9.59 Å². The molecule has 1 fully saturated rings. The van der Waals surface area contributed by atoms with Crippen molar-refractivity contribution in [3.8, 4) is 0 Å². The van der Waals surface area contributed by atoms with Gasteiger partial charge in [0.25, 0.3) is 5.91 Å². The van der Waals surface area contributed by atoms with Crippen LogP contribution in [0.25, 0.3) is 0 Å². The van der Waals surface area contributed by atoms with Crippen LogP contribution in [0.1, 0.15) is 49.0 Å². The molecule has 0 aliphatic heterocycles. The molecule has 5 nitrogen and oxygen atoms in total. The van der Waals surface area contributed by atoms with E-state index in [9.17, 15) is 9.59 Å². The van der Waals surface area contributed by atoms with Gasteiger partial charge in [-0.15, -0.1) is 0 Å². The minimum absolute atomic E-state index is 0.0112. The number of amides is 2. The zero-order valence-corrected chi connectivity index (χ0v) is 14.8. The summed E-state index contributed by atoms with van der Waals surface area (Å²) < 4.78 is 0. The number of nitrogens with two attached hydrogens (primary N) is 1. The van der Waals surface area contributed by atoms with Crippen molar-refractivity contribution in [1.82, 2.24) is 10.6 Å². The first-order valence-corrected chi connectivity index (χ1v) is 8.80. The highest BCUT2D eigenvalue weighted by atomic mass is 16.2. The largest absolute Gasteiger partial charge is 0.351 e. The number of nitrogens with one attached hydrogen (secondary N) is 2. The molecule has 3 unspecified atom stereocenters. The summed E-state index contributed by atoms with van der Waals surface area (Å²) in [6.07, 6.45) is 3.11. The van der Waals surface area contributed by atoms with E-state index in [2.05, 4.69) is 10.6 Å². The van der Waals surface area contributed by atoms with Crippen LogP contribution in [-0.2, 0) is 4.79 Å². The summed E-state index contributed by atoms with van der Waals surface area (Å²) in [5.74, 6) is 0.0214. The zero-order chi connectivity index (χ0) is 17.7. The normalized spacial score (nSPS) is 21.5. The Labute approximate surface area is 144 Å². The number of carbonyl (C=O) groups excluding carboxylic acids is 2. The van der Waals surface area contributed by atoms with Crippen LogP contribution in [0.4, 0.5) is 0 Å². The van der Waals surface area contributed by atoms with Crippen LogP contribution < -0.4 is 16.4 Å². The van der Waals surface area contributed by atoms with Crippen molar-refractivity contribution in [2.45, 2.75) is 52.1 Å². The summed E-state index contributed by atoms with van der Waals surface area (Å²) in [5, 5.41) is 5.97. The molecular formula is C19H29N3O2. The third-order valence-electron chi connectivity index (χ3n) is 4.84. The molecule has 0 heterocycles. The third-order valence-corrected chi connectivity index (χ3v) is 4.84. The molecule has 1 aromatic rings. The molecule has 0 aromatic heterocycles. The van der Waals surface area contributed by atoms with Crippen molar-refractivity contribution in [2.75, 3.05) is 6.54 Å². The summed E-state index contributed by atoms with van der Waals surface area (Å²) in [7, 11) is 0. The number of aryl methyl sites for hydroxylation is 1. The second kappa shape index (κ2) is 8.29. The lowest BCUT2D eigenvalue weighted by Crippen LogP contribution is -2.53. The van der Waals surface area contributed by atoms with Gasteiger partial charge < -0.3 is 16.4 Å². The van der Waals surface area contributed by atoms with Gasteiger partial charge in [-0.05, 0) is 50.3 Å². The molecule has 1 aromatic carbocycles. The smallest absolute Gasteiger partial charge is 0.251 e. The van der Waals surface area contributed by atoms with E-state index >= 15 is 0 Å². The van der Waals surface area contributed by atoms with E-state index in [4.69, 9.17) is 5.73 Å². The lowest BCUT2D eigenvalue weighted by Gasteiger charge is -2.26. The van der Waals surface area contributed by atoms with Gasteiger partial charge in [0.2, 0.25) is 5.91 Å². The van der Waals surface area contributed by atoms with E-state index in [1.807, 2.05) is 32.9 Å². The molecule has 3 atom stereocenters. The van der Waals surface area contributed by atoms with Gasteiger partial charge in [-0.2, -0.15) is 0 Å². The average Bonchev–Trinajstić information content (AvgIpc) is 2.99. The monoisotopic (exact) mass is 331 g/mol. The number of benzene rings is 1. The second-order valence-electron chi connectivity index (χ2n) is 7.10. The average molecular weight is 331 g/mol. The minimum atomic E-state index is -0.544. The third kappa shape index (κ3) is 4.57. The summed E-state index contributed by atoms with van der Waals surface area (Å²) in [5.41, 5.74) is 7.45. The molecule has 0 saturated heterocycles. The molecule has 5 heteroatoms. The maximum Gasteiger partial charge on any atom is 0.251 e. The quantitative estimate of drug-likeness (QED) is 0.745. The highest BCUT2D eigenvalue weighted by molar-refractivity contribution is 5.97. The Morgan fingerprint density at radius 2 is 1.88 bits per heavy atom. The van der Waals surface area contributed by atoms with Crippen LogP contribution >= 0.6 is 0 Å². The summed E-state index contributed by atoms with van der Waals surface area (Å²) in [6, 6.07) is 6.92. The molecule has 1 saturated carbocycles. The van der Waals surface area contributed by atoms with Crippen LogP contribution in [0.3, 0.4) is 0 Å². The van der Waals surface area contributed by atoms with E-state index in [0.717, 1.165) is 24.8 Å². The number of hydrogen-bond acceptors (Lipinski definition) is 3. The summed E-state index contributed by atoms with van der Waals surface area (Å²) in [6.45, 7) is 6.44. The summed E-state index contributed by atoms with van der Waals surface area (Å²) in [4.78, 5) is 25.1. The first-order valence-electron chi connectivity index (χ1n) is 8.80. The Kier molecular flexibility index (Phi) is 6.37. The van der Waals surface area contributed by atoms with Gasteiger partial charge >= 0.3 is 0 Å². The molecule has 0 radical (unpaired) electrons. The maximum absolute atomic E-state index is 12.7. The second-order valence-corrected chi connectivity index (χ2v) is 7.10.